The van der Waals surface area contributed by atoms with Gasteiger partial charge in [-0.1, -0.05) is 26.8 Å². The molecule has 9 heteroatoms. The molecule has 2 aromatic rings. The number of anilines is 2. The summed E-state index contributed by atoms with van der Waals surface area (Å²) in [6.07, 6.45) is 0. The molecule has 164 valence electrons. The van der Waals surface area contributed by atoms with Crippen LogP contribution in [0.2, 0.25) is 0 Å². The Morgan fingerprint density at radius 2 is 1.80 bits per heavy atom. The van der Waals surface area contributed by atoms with E-state index in [-0.39, 0.29) is 10.8 Å². The van der Waals surface area contributed by atoms with E-state index < -0.39 is 10.0 Å². The predicted octanol–water partition coefficient (Wildman–Crippen LogP) is 3.17. The molecule has 1 N–H and O–H groups in total. The molecule has 7 nitrogen and oxygen atoms in total. The largest absolute Gasteiger partial charge is 0.367 e. The summed E-state index contributed by atoms with van der Waals surface area (Å²) >= 11 is 1.36. The summed E-state index contributed by atoms with van der Waals surface area (Å²) in [5, 5.41) is 4.80. The lowest BCUT2D eigenvalue weighted by atomic mass is 10.2. The molecule has 3 rings (SSSR count). The molecule has 0 bridgehead atoms. The highest BCUT2D eigenvalue weighted by Crippen LogP contribution is 2.31. The molecule has 0 atom stereocenters. The first-order chi connectivity index (χ1) is 14.4. The lowest BCUT2D eigenvalue weighted by Gasteiger charge is -2.36. The second kappa shape index (κ2) is 9.91. The molecule has 1 aliphatic rings. The maximum absolute atomic E-state index is 13.0. The fourth-order valence-corrected chi connectivity index (χ4v) is 5.76. The van der Waals surface area contributed by atoms with Crippen molar-refractivity contribution in [3.05, 3.63) is 40.6 Å². The van der Waals surface area contributed by atoms with E-state index in [2.05, 4.69) is 22.0 Å². The lowest BCUT2D eigenvalue weighted by molar-refractivity contribution is 0.103. The van der Waals surface area contributed by atoms with Crippen LogP contribution in [0.1, 0.15) is 30.4 Å². The number of piperazine rings is 1. The fraction of sp³-hybridized carbons (Fsp3) is 0.476. The minimum Gasteiger partial charge on any atom is -0.367 e. The number of benzene rings is 1. The Morgan fingerprint density at radius 1 is 1.10 bits per heavy atom. The van der Waals surface area contributed by atoms with Gasteiger partial charge in [0.2, 0.25) is 10.0 Å². The molecule has 1 aromatic heterocycles. The maximum Gasteiger partial charge on any atom is 0.265 e. The number of rotatable bonds is 8. The molecular weight excluding hydrogens is 420 g/mol. The van der Waals surface area contributed by atoms with Crippen LogP contribution in [0, 0.1) is 0 Å². The van der Waals surface area contributed by atoms with Crippen molar-refractivity contribution in [1.29, 1.82) is 0 Å². The minimum absolute atomic E-state index is 0.198. The Hall–Kier alpha value is -1.94. The molecule has 0 saturated carbocycles. The maximum atomic E-state index is 13.0. The second-order valence-electron chi connectivity index (χ2n) is 7.12. The van der Waals surface area contributed by atoms with E-state index in [0.29, 0.717) is 23.7 Å². The van der Waals surface area contributed by atoms with Crippen molar-refractivity contribution in [2.24, 2.45) is 0 Å². The van der Waals surface area contributed by atoms with Crippen molar-refractivity contribution in [1.82, 2.24) is 9.21 Å². The van der Waals surface area contributed by atoms with E-state index in [1.807, 2.05) is 31.4 Å². The highest BCUT2D eigenvalue weighted by atomic mass is 32.2. The number of hydrogen-bond acceptors (Lipinski definition) is 6. The lowest BCUT2D eigenvalue weighted by Crippen LogP contribution is -2.46. The zero-order chi connectivity index (χ0) is 21.7. The number of hydrogen-bond donors (Lipinski definition) is 1. The standard InChI is InChI=1S/C21H30N4O3S2/c1-4-23-11-13-24(14-12-23)19-10-9-17(30(27,28)25(5-2)6-3)16-18(19)22-21(26)20-8-7-15-29-20/h7-10,15-16H,4-6,11-14H2,1-3H3,(H,22,26). The van der Waals surface area contributed by atoms with Crippen molar-refractivity contribution in [3.63, 3.8) is 0 Å². The van der Waals surface area contributed by atoms with Crippen LogP contribution in [0.15, 0.2) is 40.6 Å². The van der Waals surface area contributed by atoms with Gasteiger partial charge in [0.05, 0.1) is 21.1 Å². The van der Waals surface area contributed by atoms with Gasteiger partial charge >= 0.3 is 0 Å². The van der Waals surface area contributed by atoms with E-state index in [9.17, 15) is 13.2 Å². The van der Waals surface area contributed by atoms with Gasteiger partial charge < -0.3 is 15.1 Å². The summed E-state index contributed by atoms with van der Waals surface area (Å²) in [4.78, 5) is 18.1. The van der Waals surface area contributed by atoms with Crippen molar-refractivity contribution in [2.75, 3.05) is 56.0 Å². The molecule has 1 fully saturated rings. The average Bonchev–Trinajstić information content (AvgIpc) is 3.29. The SMILES string of the molecule is CCN1CCN(c2ccc(S(=O)(=O)N(CC)CC)cc2NC(=O)c2cccs2)CC1. The zero-order valence-electron chi connectivity index (χ0n) is 17.8. The van der Waals surface area contributed by atoms with Crippen molar-refractivity contribution in [3.8, 4) is 0 Å². The van der Waals surface area contributed by atoms with E-state index in [1.54, 1.807) is 18.2 Å². The number of thiophene rings is 1. The van der Waals surface area contributed by atoms with Crippen molar-refractivity contribution >= 4 is 38.6 Å². The highest BCUT2D eigenvalue weighted by molar-refractivity contribution is 7.89. The first-order valence-corrected chi connectivity index (χ1v) is 12.7. The quantitative estimate of drug-likeness (QED) is 0.669. The van der Waals surface area contributed by atoms with Gasteiger partial charge in [0.15, 0.2) is 0 Å². The van der Waals surface area contributed by atoms with E-state index in [1.165, 1.54) is 15.6 Å². The summed E-state index contributed by atoms with van der Waals surface area (Å²) in [6.45, 7) is 11.1. The summed E-state index contributed by atoms with van der Waals surface area (Å²) < 4.78 is 27.5. The number of nitrogens with one attached hydrogen (secondary N) is 1. The Kier molecular flexibility index (Phi) is 7.51. The van der Waals surface area contributed by atoms with Crippen LogP contribution in [0.4, 0.5) is 11.4 Å². The van der Waals surface area contributed by atoms with Crippen LogP contribution >= 0.6 is 11.3 Å². The smallest absolute Gasteiger partial charge is 0.265 e. The van der Waals surface area contributed by atoms with Gasteiger partial charge in [-0.05, 0) is 36.2 Å². The number of nitrogens with zero attached hydrogens (tertiary/aromatic N) is 3. The first kappa shape index (κ1) is 22.7. The fourth-order valence-electron chi connectivity index (χ4n) is 3.66. The van der Waals surface area contributed by atoms with Crippen molar-refractivity contribution < 1.29 is 13.2 Å². The average molecular weight is 451 g/mol. The molecule has 0 unspecified atom stereocenters. The molecule has 1 aliphatic heterocycles. The third kappa shape index (κ3) is 4.85. The highest BCUT2D eigenvalue weighted by Gasteiger charge is 2.25. The number of sulfonamides is 1. The number of carbonyl (C=O) groups is 1. The monoisotopic (exact) mass is 450 g/mol. The van der Waals surface area contributed by atoms with Gasteiger partial charge in [-0.2, -0.15) is 4.31 Å². The molecule has 1 amide bonds. The Bertz CT molecular complexity index is 949. The minimum atomic E-state index is -3.62. The summed E-state index contributed by atoms with van der Waals surface area (Å²) in [6, 6.07) is 8.65. The number of likely N-dealkylation sites (N-methyl/N-ethyl adjacent to an activating group) is 1. The van der Waals surface area contributed by atoms with Crippen LogP contribution in [-0.2, 0) is 10.0 Å². The molecule has 1 aromatic carbocycles. The number of amides is 1. The van der Waals surface area contributed by atoms with E-state index in [4.69, 9.17) is 0 Å². The molecule has 0 aliphatic carbocycles. The van der Waals surface area contributed by atoms with Gasteiger partial charge in [-0.3, -0.25) is 4.79 Å². The summed E-state index contributed by atoms with van der Waals surface area (Å²) in [5.41, 5.74) is 1.39. The molecule has 0 spiro atoms. The van der Waals surface area contributed by atoms with Crippen LogP contribution in [0.5, 0.6) is 0 Å². The van der Waals surface area contributed by atoms with Gasteiger partial charge in [-0.15, -0.1) is 11.3 Å². The third-order valence-electron chi connectivity index (χ3n) is 5.46. The molecule has 0 radical (unpaired) electrons. The summed E-state index contributed by atoms with van der Waals surface area (Å²) in [7, 11) is -3.62. The molecule has 30 heavy (non-hydrogen) atoms. The number of carbonyl (C=O) groups excluding carboxylic acids is 1. The topological polar surface area (TPSA) is 73.0 Å². The molecule has 2 heterocycles. The second-order valence-corrected chi connectivity index (χ2v) is 10.0. The predicted molar refractivity (Wildman–Crippen MR) is 123 cm³/mol. The van der Waals surface area contributed by atoms with Crippen LogP contribution < -0.4 is 10.2 Å². The molecular formula is C21H30N4O3S2. The first-order valence-electron chi connectivity index (χ1n) is 10.4. The van der Waals surface area contributed by atoms with Gasteiger partial charge in [-0.25, -0.2) is 8.42 Å². The Balaban J connectivity index is 1.96. The zero-order valence-corrected chi connectivity index (χ0v) is 19.4. The normalized spacial score (nSPS) is 15.5. The van der Waals surface area contributed by atoms with Crippen molar-refractivity contribution in [2.45, 2.75) is 25.7 Å². The van der Waals surface area contributed by atoms with Crippen LogP contribution in [0.3, 0.4) is 0 Å². The Morgan fingerprint density at radius 3 is 2.37 bits per heavy atom. The Labute approximate surface area is 183 Å². The third-order valence-corrected chi connectivity index (χ3v) is 8.38. The van der Waals surface area contributed by atoms with Gasteiger partial charge in [0, 0.05) is 39.3 Å². The van der Waals surface area contributed by atoms with Gasteiger partial charge in [0.1, 0.15) is 0 Å². The molecule has 1 saturated heterocycles. The van der Waals surface area contributed by atoms with E-state index >= 15 is 0 Å². The van der Waals surface area contributed by atoms with E-state index in [0.717, 1.165) is 38.4 Å². The van der Waals surface area contributed by atoms with Crippen LogP contribution in [0.25, 0.3) is 0 Å². The van der Waals surface area contributed by atoms with Crippen LogP contribution in [-0.4, -0.2) is 69.3 Å². The van der Waals surface area contributed by atoms with Gasteiger partial charge in [0.25, 0.3) is 5.91 Å². The summed E-state index contributed by atoms with van der Waals surface area (Å²) in [5.74, 6) is -0.226.